The highest BCUT2D eigenvalue weighted by atomic mass is 32.2. The average molecular weight is 369 g/mol. The molecule has 0 aliphatic carbocycles. The van der Waals surface area contributed by atoms with E-state index in [9.17, 15) is 4.21 Å². The van der Waals surface area contributed by atoms with Crippen LogP contribution in [0.25, 0.3) is 11.0 Å². The van der Waals surface area contributed by atoms with Gasteiger partial charge in [0.15, 0.2) is 5.96 Å². The van der Waals surface area contributed by atoms with Gasteiger partial charge in [-0.1, -0.05) is 36.4 Å². The SMILES string of the molecule is CN=C(NCCS(=O)c1ccccc1)N(C)Cc1cc2ccccc2o1. The zero-order valence-electron chi connectivity index (χ0n) is 15.0. The maximum absolute atomic E-state index is 12.3. The van der Waals surface area contributed by atoms with E-state index in [1.165, 1.54) is 0 Å². The summed E-state index contributed by atoms with van der Waals surface area (Å²) in [6.07, 6.45) is 0. The number of hydrogen-bond donors (Lipinski definition) is 1. The summed E-state index contributed by atoms with van der Waals surface area (Å²) in [5.74, 6) is 2.15. The van der Waals surface area contributed by atoms with Crippen LogP contribution in [-0.2, 0) is 17.3 Å². The maximum Gasteiger partial charge on any atom is 0.193 e. The monoisotopic (exact) mass is 369 g/mol. The largest absolute Gasteiger partial charge is 0.459 e. The van der Waals surface area contributed by atoms with E-state index in [-0.39, 0.29) is 0 Å². The van der Waals surface area contributed by atoms with E-state index in [2.05, 4.69) is 10.3 Å². The standard InChI is InChI=1S/C20H23N3O2S/c1-21-20(22-12-13-26(24)18-9-4-3-5-10-18)23(2)15-17-14-16-8-6-7-11-19(16)25-17/h3-11,14H,12-13,15H2,1-2H3,(H,21,22). The Hall–Kier alpha value is -2.60. The zero-order chi connectivity index (χ0) is 18.4. The number of aliphatic imine (C=N–C) groups is 1. The third-order valence-corrected chi connectivity index (χ3v) is 5.39. The van der Waals surface area contributed by atoms with Gasteiger partial charge in [0.1, 0.15) is 11.3 Å². The summed E-state index contributed by atoms with van der Waals surface area (Å²) < 4.78 is 18.1. The highest BCUT2D eigenvalue weighted by Crippen LogP contribution is 2.19. The predicted octanol–water partition coefficient (Wildman–Crippen LogP) is 3.25. The molecule has 0 aliphatic rings. The van der Waals surface area contributed by atoms with Gasteiger partial charge in [0, 0.05) is 36.7 Å². The van der Waals surface area contributed by atoms with Gasteiger partial charge < -0.3 is 14.6 Å². The summed E-state index contributed by atoms with van der Waals surface area (Å²) in [4.78, 5) is 7.13. The molecule has 1 N–H and O–H groups in total. The first-order valence-corrected chi connectivity index (χ1v) is 9.82. The molecule has 26 heavy (non-hydrogen) atoms. The molecule has 0 saturated heterocycles. The maximum atomic E-state index is 12.3. The number of furan rings is 1. The summed E-state index contributed by atoms with van der Waals surface area (Å²) in [5.41, 5.74) is 0.886. The molecule has 0 bridgehead atoms. The van der Waals surface area contributed by atoms with Crippen LogP contribution in [0.5, 0.6) is 0 Å². The molecule has 3 rings (SSSR count). The normalized spacial score (nSPS) is 12.9. The summed E-state index contributed by atoms with van der Waals surface area (Å²) in [5, 5.41) is 4.36. The van der Waals surface area contributed by atoms with Crippen LogP contribution < -0.4 is 5.32 Å². The summed E-state index contributed by atoms with van der Waals surface area (Å²) in [6, 6.07) is 19.5. The Morgan fingerprint density at radius 1 is 1.15 bits per heavy atom. The van der Waals surface area contributed by atoms with Crippen molar-refractivity contribution in [1.29, 1.82) is 0 Å². The molecule has 0 aliphatic heterocycles. The summed E-state index contributed by atoms with van der Waals surface area (Å²) >= 11 is 0. The molecule has 1 unspecified atom stereocenters. The number of nitrogens with zero attached hydrogens (tertiary/aromatic N) is 2. The van der Waals surface area contributed by atoms with Crippen LogP contribution >= 0.6 is 0 Å². The van der Waals surface area contributed by atoms with E-state index >= 15 is 0 Å². The second-order valence-corrected chi connectivity index (χ2v) is 7.51. The molecule has 0 amide bonds. The number of guanidine groups is 1. The van der Waals surface area contributed by atoms with Crippen molar-refractivity contribution in [1.82, 2.24) is 10.2 Å². The number of rotatable bonds is 6. The van der Waals surface area contributed by atoms with E-state index in [4.69, 9.17) is 4.42 Å². The van der Waals surface area contributed by atoms with Gasteiger partial charge in [0.25, 0.3) is 0 Å². The Kier molecular flexibility index (Phi) is 6.07. The van der Waals surface area contributed by atoms with Crippen molar-refractivity contribution in [3.63, 3.8) is 0 Å². The van der Waals surface area contributed by atoms with E-state index in [0.717, 1.165) is 27.6 Å². The van der Waals surface area contributed by atoms with Crippen LogP contribution in [0.1, 0.15) is 5.76 Å². The van der Waals surface area contributed by atoms with Crippen molar-refractivity contribution >= 4 is 27.7 Å². The second kappa shape index (κ2) is 8.67. The molecular weight excluding hydrogens is 346 g/mol. The molecule has 0 spiro atoms. The number of benzene rings is 2. The fraction of sp³-hybridized carbons (Fsp3) is 0.250. The Morgan fingerprint density at radius 3 is 2.62 bits per heavy atom. The van der Waals surface area contributed by atoms with Crippen LogP contribution in [0.4, 0.5) is 0 Å². The third kappa shape index (κ3) is 4.52. The van der Waals surface area contributed by atoms with E-state index in [1.807, 2.05) is 72.6 Å². The molecule has 0 radical (unpaired) electrons. The van der Waals surface area contributed by atoms with E-state index in [0.29, 0.717) is 18.8 Å². The summed E-state index contributed by atoms with van der Waals surface area (Å²) in [7, 11) is 2.68. The van der Waals surface area contributed by atoms with Crippen molar-refractivity contribution in [2.24, 2.45) is 4.99 Å². The Bertz CT molecular complexity index is 873. The van der Waals surface area contributed by atoms with Gasteiger partial charge in [-0.05, 0) is 24.3 Å². The number of hydrogen-bond acceptors (Lipinski definition) is 3. The third-order valence-electron chi connectivity index (χ3n) is 4.02. The van der Waals surface area contributed by atoms with Crippen molar-refractivity contribution in [2.45, 2.75) is 11.4 Å². The molecule has 1 atom stereocenters. The lowest BCUT2D eigenvalue weighted by molar-refractivity contribution is 0.413. The lowest BCUT2D eigenvalue weighted by Gasteiger charge is -2.20. The van der Waals surface area contributed by atoms with Gasteiger partial charge in [-0.2, -0.15) is 0 Å². The minimum Gasteiger partial charge on any atom is -0.459 e. The number of para-hydroxylation sites is 1. The van der Waals surface area contributed by atoms with Gasteiger partial charge in [-0.25, -0.2) is 0 Å². The smallest absolute Gasteiger partial charge is 0.193 e. The molecule has 136 valence electrons. The molecule has 6 heteroatoms. The van der Waals surface area contributed by atoms with Crippen LogP contribution in [0.2, 0.25) is 0 Å². The molecule has 0 fully saturated rings. The quantitative estimate of drug-likeness (QED) is 0.535. The molecule has 2 aromatic carbocycles. The lowest BCUT2D eigenvalue weighted by atomic mass is 10.2. The van der Waals surface area contributed by atoms with Crippen LogP contribution in [0.15, 0.2) is 75.0 Å². The molecule has 0 saturated carbocycles. The van der Waals surface area contributed by atoms with Gasteiger partial charge in [0.2, 0.25) is 0 Å². The Labute approximate surface area is 156 Å². The molecule has 5 nitrogen and oxygen atoms in total. The minimum atomic E-state index is -1.02. The topological polar surface area (TPSA) is 57.8 Å². The first-order chi connectivity index (χ1) is 12.7. The molecule has 1 aromatic heterocycles. The number of fused-ring (bicyclic) bond motifs is 1. The molecular formula is C20H23N3O2S. The van der Waals surface area contributed by atoms with Crippen LogP contribution in [0.3, 0.4) is 0 Å². The second-order valence-electron chi connectivity index (χ2n) is 5.94. The van der Waals surface area contributed by atoms with Crippen LogP contribution in [0, 0.1) is 0 Å². The van der Waals surface area contributed by atoms with Gasteiger partial charge in [-0.15, -0.1) is 0 Å². The van der Waals surface area contributed by atoms with Crippen molar-refractivity contribution in [2.75, 3.05) is 26.4 Å². The minimum absolute atomic E-state index is 0.529. The highest BCUT2D eigenvalue weighted by Gasteiger charge is 2.11. The first kappa shape index (κ1) is 18.2. The zero-order valence-corrected chi connectivity index (χ0v) is 15.8. The van der Waals surface area contributed by atoms with E-state index in [1.54, 1.807) is 7.05 Å². The van der Waals surface area contributed by atoms with Crippen molar-refractivity contribution in [3.8, 4) is 0 Å². The van der Waals surface area contributed by atoms with Crippen molar-refractivity contribution < 1.29 is 8.63 Å². The van der Waals surface area contributed by atoms with E-state index < -0.39 is 10.8 Å². The Balaban J connectivity index is 1.54. The van der Waals surface area contributed by atoms with Crippen LogP contribution in [-0.4, -0.2) is 41.5 Å². The van der Waals surface area contributed by atoms with Gasteiger partial charge in [-0.3, -0.25) is 9.20 Å². The highest BCUT2D eigenvalue weighted by molar-refractivity contribution is 7.85. The number of nitrogens with one attached hydrogen (secondary N) is 1. The van der Waals surface area contributed by atoms with Gasteiger partial charge >= 0.3 is 0 Å². The van der Waals surface area contributed by atoms with Crippen molar-refractivity contribution in [3.05, 3.63) is 66.4 Å². The lowest BCUT2D eigenvalue weighted by Crippen LogP contribution is -2.40. The summed E-state index contributed by atoms with van der Waals surface area (Å²) in [6.45, 7) is 1.19. The fourth-order valence-electron chi connectivity index (χ4n) is 2.75. The average Bonchev–Trinajstić information content (AvgIpc) is 3.07. The first-order valence-electron chi connectivity index (χ1n) is 8.50. The Morgan fingerprint density at radius 2 is 1.88 bits per heavy atom. The molecule has 1 heterocycles. The van der Waals surface area contributed by atoms with Gasteiger partial charge in [0.05, 0.1) is 17.3 Å². The molecule has 3 aromatic rings. The predicted molar refractivity (Wildman–Crippen MR) is 107 cm³/mol. The fourth-order valence-corrected chi connectivity index (χ4v) is 3.74.